The van der Waals surface area contributed by atoms with Crippen molar-refractivity contribution in [3.05, 3.63) is 41.2 Å². The lowest BCUT2D eigenvalue weighted by molar-refractivity contribution is -0.119. The molecule has 0 bridgehead atoms. The molecule has 26 heavy (non-hydrogen) atoms. The molecular formula is C17H20FN3O3S2. The number of benzene rings is 1. The predicted octanol–water partition coefficient (Wildman–Crippen LogP) is 3.20. The molecule has 0 aliphatic carbocycles. The number of rotatable bonds is 5. The van der Waals surface area contributed by atoms with Gasteiger partial charge in [-0.05, 0) is 43.0 Å². The van der Waals surface area contributed by atoms with E-state index in [2.05, 4.69) is 10.3 Å². The van der Waals surface area contributed by atoms with Crippen LogP contribution in [-0.4, -0.2) is 36.2 Å². The van der Waals surface area contributed by atoms with E-state index in [1.807, 2.05) is 19.2 Å². The Hall–Kier alpha value is -1.84. The molecule has 2 heterocycles. The van der Waals surface area contributed by atoms with Gasteiger partial charge >= 0.3 is 0 Å². The summed E-state index contributed by atoms with van der Waals surface area (Å²) in [5.74, 6) is -0.652. The number of hydrogen-bond donors (Lipinski definition) is 1. The van der Waals surface area contributed by atoms with Crippen LogP contribution in [0.5, 0.6) is 0 Å². The van der Waals surface area contributed by atoms with Crippen LogP contribution < -0.4 is 5.32 Å². The van der Waals surface area contributed by atoms with Gasteiger partial charge in [0.2, 0.25) is 15.9 Å². The highest BCUT2D eigenvalue weighted by Gasteiger charge is 2.39. The summed E-state index contributed by atoms with van der Waals surface area (Å²) in [5.41, 5.74) is 0.882. The molecule has 1 saturated heterocycles. The van der Waals surface area contributed by atoms with Crippen molar-refractivity contribution in [3.63, 3.8) is 0 Å². The Morgan fingerprint density at radius 2 is 2.04 bits per heavy atom. The fraction of sp³-hybridized carbons (Fsp3) is 0.412. The number of carbonyl (C=O) groups excluding carboxylic acids is 1. The zero-order chi connectivity index (χ0) is 18.9. The van der Waals surface area contributed by atoms with E-state index in [-0.39, 0.29) is 17.4 Å². The van der Waals surface area contributed by atoms with Crippen molar-refractivity contribution in [3.8, 4) is 0 Å². The third-order valence-electron chi connectivity index (χ3n) is 4.27. The number of thiazole rings is 1. The minimum absolute atomic E-state index is 0.0186. The number of sulfonamides is 1. The number of nitrogens with zero attached hydrogens (tertiary/aromatic N) is 2. The normalized spacial score (nSPS) is 18.4. The van der Waals surface area contributed by atoms with Crippen molar-refractivity contribution >= 4 is 32.4 Å². The quantitative estimate of drug-likeness (QED) is 0.840. The van der Waals surface area contributed by atoms with Crippen LogP contribution in [0.4, 0.5) is 9.52 Å². The molecule has 1 atom stereocenters. The van der Waals surface area contributed by atoms with Gasteiger partial charge in [-0.2, -0.15) is 4.31 Å². The van der Waals surface area contributed by atoms with Crippen LogP contribution >= 0.6 is 11.3 Å². The zero-order valence-electron chi connectivity index (χ0n) is 14.5. The van der Waals surface area contributed by atoms with Crippen molar-refractivity contribution in [1.82, 2.24) is 9.29 Å². The van der Waals surface area contributed by atoms with Crippen LogP contribution in [0.2, 0.25) is 0 Å². The molecule has 2 aromatic rings. The molecule has 1 amide bonds. The van der Waals surface area contributed by atoms with Crippen molar-refractivity contribution < 1.29 is 17.6 Å². The first kappa shape index (κ1) is 18.9. The number of carbonyl (C=O) groups is 1. The molecule has 1 aromatic carbocycles. The van der Waals surface area contributed by atoms with Gasteiger partial charge in [0.15, 0.2) is 5.13 Å². The average molecular weight is 397 g/mol. The number of aromatic nitrogens is 1. The van der Waals surface area contributed by atoms with E-state index >= 15 is 0 Å². The van der Waals surface area contributed by atoms with Gasteiger partial charge in [0.05, 0.1) is 10.6 Å². The summed E-state index contributed by atoms with van der Waals surface area (Å²) in [6, 6.07) is 3.83. The molecule has 140 valence electrons. The Morgan fingerprint density at radius 1 is 1.35 bits per heavy atom. The molecule has 9 heteroatoms. The number of hydrogen-bond acceptors (Lipinski definition) is 5. The maximum Gasteiger partial charge on any atom is 0.244 e. The number of amides is 1. The molecule has 0 unspecified atom stereocenters. The van der Waals surface area contributed by atoms with Crippen molar-refractivity contribution in [1.29, 1.82) is 0 Å². The summed E-state index contributed by atoms with van der Waals surface area (Å²) in [6.45, 7) is 4.27. The lowest BCUT2D eigenvalue weighted by Crippen LogP contribution is -2.43. The van der Waals surface area contributed by atoms with Gasteiger partial charge in [0.25, 0.3) is 0 Å². The Labute approximate surface area is 156 Å². The third kappa shape index (κ3) is 3.79. The fourth-order valence-electron chi connectivity index (χ4n) is 2.83. The largest absolute Gasteiger partial charge is 0.301 e. The van der Waals surface area contributed by atoms with Gasteiger partial charge in [-0.3, -0.25) is 4.79 Å². The minimum atomic E-state index is -3.86. The maximum absolute atomic E-state index is 13.1. The Bertz CT molecular complexity index is 894. The maximum atomic E-state index is 13.1. The highest BCUT2D eigenvalue weighted by atomic mass is 32.2. The van der Waals surface area contributed by atoms with Gasteiger partial charge in [0, 0.05) is 11.9 Å². The number of anilines is 1. The van der Waals surface area contributed by atoms with Crippen LogP contribution in [0.15, 0.2) is 34.5 Å². The first-order valence-corrected chi connectivity index (χ1v) is 10.6. The third-order valence-corrected chi connectivity index (χ3v) is 6.97. The summed E-state index contributed by atoms with van der Waals surface area (Å²) in [5, 5.41) is 5.06. The second kappa shape index (κ2) is 7.42. The summed E-state index contributed by atoms with van der Waals surface area (Å²) < 4.78 is 39.9. The molecule has 1 aliphatic rings. The van der Waals surface area contributed by atoms with E-state index in [1.165, 1.54) is 27.8 Å². The lowest BCUT2D eigenvalue weighted by Gasteiger charge is -2.23. The summed E-state index contributed by atoms with van der Waals surface area (Å²) in [7, 11) is -3.86. The topological polar surface area (TPSA) is 79.4 Å². The lowest BCUT2D eigenvalue weighted by atomic mass is 10.2. The monoisotopic (exact) mass is 397 g/mol. The molecule has 1 N–H and O–H groups in total. The second-order valence-corrected chi connectivity index (χ2v) is 9.20. The van der Waals surface area contributed by atoms with Crippen LogP contribution in [0.3, 0.4) is 0 Å². The molecular weight excluding hydrogens is 377 g/mol. The Kier molecular flexibility index (Phi) is 5.40. The van der Waals surface area contributed by atoms with Gasteiger partial charge in [-0.15, -0.1) is 11.3 Å². The molecule has 3 rings (SSSR count). The predicted molar refractivity (Wildman–Crippen MR) is 98.1 cm³/mol. The SMILES string of the molecule is CC(C)c1csc(NC(=O)[C@H]2CCCN2S(=O)(=O)c2ccc(F)cc2)n1. The first-order valence-electron chi connectivity index (χ1n) is 8.32. The molecule has 0 spiro atoms. The minimum Gasteiger partial charge on any atom is -0.301 e. The smallest absolute Gasteiger partial charge is 0.244 e. The molecule has 6 nitrogen and oxygen atoms in total. The van der Waals surface area contributed by atoms with E-state index in [0.717, 1.165) is 17.8 Å². The van der Waals surface area contributed by atoms with Crippen LogP contribution in [-0.2, 0) is 14.8 Å². The highest BCUT2D eigenvalue weighted by Crippen LogP contribution is 2.28. The average Bonchev–Trinajstić information content (AvgIpc) is 3.24. The van der Waals surface area contributed by atoms with Gasteiger partial charge in [-0.1, -0.05) is 13.8 Å². The van der Waals surface area contributed by atoms with Crippen LogP contribution in [0.25, 0.3) is 0 Å². The number of nitrogens with one attached hydrogen (secondary N) is 1. The Morgan fingerprint density at radius 3 is 2.65 bits per heavy atom. The van der Waals surface area contributed by atoms with Crippen molar-refractivity contribution in [2.45, 2.75) is 43.5 Å². The van der Waals surface area contributed by atoms with Gasteiger partial charge < -0.3 is 5.32 Å². The summed E-state index contributed by atoms with van der Waals surface area (Å²) >= 11 is 1.32. The molecule has 1 aromatic heterocycles. The van der Waals surface area contributed by atoms with Gasteiger partial charge in [0.1, 0.15) is 11.9 Å². The second-order valence-electron chi connectivity index (χ2n) is 6.45. The van der Waals surface area contributed by atoms with E-state index in [0.29, 0.717) is 18.0 Å². The van der Waals surface area contributed by atoms with E-state index in [4.69, 9.17) is 0 Å². The van der Waals surface area contributed by atoms with Crippen LogP contribution in [0, 0.1) is 5.82 Å². The standard InChI is InChI=1S/C17H20FN3O3S2/c1-11(2)14-10-25-17(19-14)20-16(22)15-4-3-9-21(15)26(23,24)13-7-5-12(18)6-8-13/h5-8,10-11,15H,3-4,9H2,1-2H3,(H,19,20,22)/t15-/m1/s1. The van der Waals surface area contributed by atoms with E-state index in [9.17, 15) is 17.6 Å². The zero-order valence-corrected chi connectivity index (χ0v) is 16.1. The number of halogens is 1. The molecule has 0 radical (unpaired) electrons. The van der Waals surface area contributed by atoms with Crippen molar-refractivity contribution in [2.75, 3.05) is 11.9 Å². The summed E-state index contributed by atoms with van der Waals surface area (Å²) in [4.78, 5) is 17.0. The molecule has 0 saturated carbocycles. The van der Waals surface area contributed by atoms with E-state index < -0.39 is 27.8 Å². The summed E-state index contributed by atoms with van der Waals surface area (Å²) in [6.07, 6.45) is 1.03. The van der Waals surface area contributed by atoms with Crippen molar-refractivity contribution in [2.24, 2.45) is 0 Å². The fourth-order valence-corrected chi connectivity index (χ4v) is 5.36. The highest BCUT2D eigenvalue weighted by molar-refractivity contribution is 7.89. The van der Waals surface area contributed by atoms with Crippen LogP contribution in [0.1, 0.15) is 38.3 Å². The molecule has 1 fully saturated rings. The Balaban J connectivity index is 1.78. The first-order chi connectivity index (χ1) is 12.3. The van der Waals surface area contributed by atoms with E-state index in [1.54, 1.807) is 0 Å². The van der Waals surface area contributed by atoms with Gasteiger partial charge in [-0.25, -0.2) is 17.8 Å². The molecule has 1 aliphatic heterocycles.